The summed E-state index contributed by atoms with van der Waals surface area (Å²) in [6.07, 6.45) is 2.27. The van der Waals surface area contributed by atoms with E-state index in [0.29, 0.717) is 12.8 Å². The van der Waals surface area contributed by atoms with E-state index < -0.39 is 0 Å². The minimum atomic E-state index is -0.338. The molecule has 1 fully saturated rings. The molecule has 1 N–H and O–H groups in total. The van der Waals surface area contributed by atoms with Gasteiger partial charge in [-0.15, -0.1) is 0 Å². The van der Waals surface area contributed by atoms with Gasteiger partial charge >= 0.3 is 0 Å². The van der Waals surface area contributed by atoms with E-state index in [1.54, 1.807) is 4.90 Å². The molecule has 17 heavy (non-hydrogen) atoms. The molecule has 0 radical (unpaired) electrons. The van der Waals surface area contributed by atoms with Crippen LogP contribution in [-0.4, -0.2) is 34.3 Å². The maximum Gasteiger partial charge on any atom is 0.246 e. The van der Waals surface area contributed by atoms with Crippen LogP contribution in [0, 0.1) is 0 Å². The van der Waals surface area contributed by atoms with E-state index in [1.807, 2.05) is 34.6 Å². The predicted molar refractivity (Wildman–Crippen MR) is 67.5 cm³/mol. The Kier molecular flexibility index (Phi) is 4.17. The maximum absolute atomic E-state index is 12.4. The van der Waals surface area contributed by atoms with E-state index in [9.17, 15) is 9.59 Å². The third kappa shape index (κ3) is 2.79. The molecular weight excluding hydrogens is 216 g/mol. The van der Waals surface area contributed by atoms with Crippen LogP contribution in [0.2, 0.25) is 0 Å². The van der Waals surface area contributed by atoms with Gasteiger partial charge in [-0.25, -0.2) is 0 Å². The highest BCUT2D eigenvalue weighted by Gasteiger charge is 2.43. The van der Waals surface area contributed by atoms with Crippen LogP contribution < -0.4 is 5.32 Å². The highest BCUT2D eigenvalue weighted by Crippen LogP contribution is 2.24. The monoisotopic (exact) mass is 240 g/mol. The zero-order chi connectivity index (χ0) is 13.2. The molecule has 1 saturated heterocycles. The minimum absolute atomic E-state index is 0.0134. The van der Waals surface area contributed by atoms with E-state index in [0.717, 1.165) is 6.42 Å². The van der Waals surface area contributed by atoms with Crippen LogP contribution in [0.25, 0.3) is 0 Å². The average molecular weight is 240 g/mol. The summed E-state index contributed by atoms with van der Waals surface area (Å²) in [7, 11) is 0. The lowest BCUT2D eigenvalue weighted by Gasteiger charge is -2.46. The van der Waals surface area contributed by atoms with Crippen molar-refractivity contribution in [1.82, 2.24) is 10.2 Å². The van der Waals surface area contributed by atoms with Crippen LogP contribution >= 0.6 is 0 Å². The van der Waals surface area contributed by atoms with Gasteiger partial charge in [0, 0.05) is 5.54 Å². The Balaban J connectivity index is 3.01. The smallest absolute Gasteiger partial charge is 0.246 e. The SMILES string of the molecule is CCCC1NC(=O)C(CC)N(C(C)(C)C)C1=O. The van der Waals surface area contributed by atoms with Crippen LogP contribution in [0.15, 0.2) is 0 Å². The molecule has 0 aromatic rings. The Bertz CT molecular complexity index is 307. The van der Waals surface area contributed by atoms with Crippen LogP contribution in [0.1, 0.15) is 53.9 Å². The fourth-order valence-electron chi connectivity index (χ4n) is 2.42. The van der Waals surface area contributed by atoms with Crippen molar-refractivity contribution >= 4 is 11.8 Å². The molecular formula is C13H24N2O2. The average Bonchev–Trinajstić information content (AvgIpc) is 2.21. The number of carbonyl (C=O) groups excluding carboxylic acids is 2. The highest BCUT2D eigenvalue weighted by molar-refractivity contribution is 5.97. The first-order valence-corrected chi connectivity index (χ1v) is 6.46. The number of hydrogen-bond acceptors (Lipinski definition) is 2. The molecule has 4 nitrogen and oxygen atoms in total. The van der Waals surface area contributed by atoms with E-state index >= 15 is 0 Å². The molecule has 0 aliphatic carbocycles. The molecule has 1 aliphatic rings. The van der Waals surface area contributed by atoms with Crippen molar-refractivity contribution in [3.05, 3.63) is 0 Å². The Labute approximate surface area is 104 Å². The van der Waals surface area contributed by atoms with Gasteiger partial charge in [0.25, 0.3) is 0 Å². The lowest BCUT2D eigenvalue weighted by atomic mass is 9.94. The highest BCUT2D eigenvalue weighted by atomic mass is 16.2. The van der Waals surface area contributed by atoms with Gasteiger partial charge in [0.2, 0.25) is 11.8 Å². The third-order valence-electron chi connectivity index (χ3n) is 3.15. The van der Waals surface area contributed by atoms with E-state index in [2.05, 4.69) is 5.32 Å². The molecule has 2 unspecified atom stereocenters. The van der Waals surface area contributed by atoms with Gasteiger partial charge in [-0.2, -0.15) is 0 Å². The Morgan fingerprint density at radius 1 is 1.24 bits per heavy atom. The van der Waals surface area contributed by atoms with E-state index in [-0.39, 0.29) is 29.4 Å². The topological polar surface area (TPSA) is 49.4 Å². The summed E-state index contributed by atoms with van der Waals surface area (Å²) < 4.78 is 0. The lowest BCUT2D eigenvalue weighted by Crippen LogP contribution is -2.67. The molecule has 98 valence electrons. The lowest BCUT2D eigenvalue weighted by molar-refractivity contribution is -0.155. The van der Waals surface area contributed by atoms with Crippen LogP contribution in [0.3, 0.4) is 0 Å². The molecule has 2 amide bonds. The molecule has 0 spiro atoms. The quantitative estimate of drug-likeness (QED) is 0.816. The van der Waals surface area contributed by atoms with Crippen LogP contribution in [0.5, 0.6) is 0 Å². The van der Waals surface area contributed by atoms with Gasteiger partial charge < -0.3 is 10.2 Å². The largest absolute Gasteiger partial charge is 0.343 e. The first-order valence-electron chi connectivity index (χ1n) is 6.46. The zero-order valence-corrected chi connectivity index (χ0v) is 11.5. The van der Waals surface area contributed by atoms with Crippen molar-refractivity contribution in [1.29, 1.82) is 0 Å². The number of nitrogens with one attached hydrogen (secondary N) is 1. The van der Waals surface area contributed by atoms with Crippen molar-refractivity contribution in [2.75, 3.05) is 0 Å². The first kappa shape index (κ1) is 14.0. The van der Waals surface area contributed by atoms with Crippen molar-refractivity contribution < 1.29 is 9.59 Å². The molecule has 0 bridgehead atoms. The number of carbonyl (C=O) groups is 2. The number of hydrogen-bond donors (Lipinski definition) is 1. The summed E-state index contributed by atoms with van der Waals surface area (Å²) in [5.74, 6) is 0.0475. The molecule has 1 heterocycles. The number of rotatable bonds is 3. The molecule has 0 aromatic heterocycles. The summed E-state index contributed by atoms with van der Waals surface area (Å²) in [4.78, 5) is 26.2. The number of amides is 2. The fraction of sp³-hybridized carbons (Fsp3) is 0.846. The van der Waals surface area contributed by atoms with Crippen molar-refractivity contribution in [2.45, 2.75) is 71.5 Å². The third-order valence-corrected chi connectivity index (χ3v) is 3.15. The summed E-state index contributed by atoms with van der Waals surface area (Å²) in [5, 5.41) is 2.84. The molecule has 1 rings (SSSR count). The summed E-state index contributed by atoms with van der Waals surface area (Å²) in [6, 6.07) is -0.662. The van der Waals surface area contributed by atoms with Gasteiger partial charge in [-0.05, 0) is 33.6 Å². The van der Waals surface area contributed by atoms with Gasteiger partial charge in [-0.1, -0.05) is 20.3 Å². The molecule has 2 atom stereocenters. The molecule has 0 saturated carbocycles. The summed E-state index contributed by atoms with van der Waals surface area (Å²) in [6.45, 7) is 9.91. The van der Waals surface area contributed by atoms with Crippen molar-refractivity contribution in [2.24, 2.45) is 0 Å². The van der Waals surface area contributed by atoms with E-state index in [4.69, 9.17) is 0 Å². The first-order chi connectivity index (χ1) is 7.82. The fourth-order valence-corrected chi connectivity index (χ4v) is 2.42. The van der Waals surface area contributed by atoms with Gasteiger partial charge in [-0.3, -0.25) is 9.59 Å². The standard InChI is InChI=1S/C13H24N2O2/c1-6-8-9-12(17)15(13(3,4)5)10(7-2)11(16)14-9/h9-10H,6-8H2,1-5H3,(H,14,16). The van der Waals surface area contributed by atoms with E-state index in [1.165, 1.54) is 0 Å². The van der Waals surface area contributed by atoms with Crippen LogP contribution in [0.4, 0.5) is 0 Å². The van der Waals surface area contributed by atoms with Gasteiger partial charge in [0.15, 0.2) is 0 Å². The second-order valence-corrected chi connectivity index (χ2v) is 5.65. The van der Waals surface area contributed by atoms with Crippen LogP contribution in [-0.2, 0) is 9.59 Å². The Hall–Kier alpha value is -1.06. The second kappa shape index (κ2) is 5.07. The predicted octanol–water partition coefficient (Wildman–Crippen LogP) is 1.69. The Morgan fingerprint density at radius 3 is 2.24 bits per heavy atom. The summed E-state index contributed by atoms with van der Waals surface area (Å²) in [5.41, 5.74) is -0.304. The zero-order valence-electron chi connectivity index (χ0n) is 11.5. The number of piperazine rings is 1. The number of nitrogens with zero attached hydrogens (tertiary/aromatic N) is 1. The minimum Gasteiger partial charge on any atom is -0.343 e. The normalized spacial score (nSPS) is 26.1. The molecule has 0 aromatic carbocycles. The van der Waals surface area contributed by atoms with Crippen molar-refractivity contribution in [3.8, 4) is 0 Å². The van der Waals surface area contributed by atoms with Gasteiger partial charge in [0.1, 0.15) is 12.1 Å². The molecule has 1 aliphatic heterocycles. The second-order valence-electron chi connectivity index (χ2n) is 5.65. The molecule has 4 heteroatoms. The van der Waals surface area contributed by atoms with Gasteiger partial charge in [0.05, 0.1) is 0 Å². The van der Waals surface area contributed by atoms with Crippen molar-refractivity contribution in [3.63, 3.8) is 0 Å². The summed E-state index contributed by atoms with van der Waals surface area (Å²) >= 11 is 0. The Morgan fingerprint density at radius 2 is 1.82 bits per heavy atom. The maximum atomic E-state index is 12.4.